The normalized spacial score (nSPS) is 33.6. The SMILES string of the molecule is CC(=O)OC1CC[C@@]2(C)C(=CCC3C2CC[C@@]2(C)C3CC[C@@H]2[C@H](C)CCCC(C)COC(=O)C(OC(C)=O)N(C(C)=O)C(C)=O)C1. The number of allylic oxidation sites excluding steroid dienone is 1. The summed E-state index contributed by atoms with van der Waals surface area (Å²) >= 11 is 0. The average Bonchev–Trinajstić information content (AvgIpc) is 3.32. The van der Waals surface area contributed by atoms with Crippen LogP contribution in [0.15, 0.2) is 11.6 Å². The lowest BCUT2D eigenvalue weighted by Crippen LogP contribution is -2.51. The van der Waals surface area contributed by atoms with Gasteiger partial charge in [0.2, 0.25) is 11.8 Å². The first-order valence-corrected chi connectivity index (χ1v) is 17.6. The summed E-state index contributed by atoms with van der Waals surface area (Å²) in [6.07, 6.45) is 13.2. The molecular weight excluding hydrogens is 586 g/mol. The van der Waals surface area contributed by atoms with Crippen LogP contribution >= 0.6 is 0 Å². The fraction of sp³-hybridized carbons (Fsp3) is 0.811. The Balaban J connectivity index is 1.28. The zero-order valence-electron chi connectivity index (χ0n) is 29.4. The van der Waals surface area contributed by atoms with Gasteiger partial charge in [0, 0.05) is 34.1 Å². The maximum absolute atomic E-state index is 12.7. The zero-order chi connectivity index (χ0) is 34.0. The highest BCUT2D eigenvalue weighted by atomic mass is 16.6. The smallest absolute Gasteiger partial charge is 0.369 e. The minimum absolute atomic E-state index is 0.0372. The van der Waals surface area contributed by atoms with E-state index in [4.69, 9.17) is 14.2 Å². The van der Waals surface area contributed by atoms with E-state index in [0.29, 0.717) is 22.2 Å². The number of carbonyl (C=O) groups excluding carboxylic acids is 5. The van der Waals surface area contributed by atoms with Crippen LogP contribution in [-0.2, 0) is 38.2 Å². The molecular formula is C37H57NO8. The third-order valence-corrected chi connectivity index (χ3v) is 12.4. The largest absolute Gasteiger partial charge is 0.462 e. The summed E-state index contributed by atoms with van der Waals surface area (Å²) in [5.74, 6) is 0.351. The molecule has 0 N–H and O–H groups in total. The second-order valence-electron chi connectivity index (χ2n) is 15.5. The molecule has 4 aliphatic rings. The number of nitrogens with zero attached hydrogens (tertiary/aromatic N) is 1. The molecule has 258 valence electrons. The van der Waals surface area contributed by atoms with Crippen LogP contribution in [-0.4, -0.2) is 53.6 Å². The lowest BCUT2D eigenvalue weighted by molar-refractivity contribution is -0.186. The van der Waals surface area contributed by atoms with Crippen molar-refractivity contribution in [1.29, 1.82) is 0 Å². The fourth-order valence-electron chi connectivity index (χ4n) is 10.2. The van der Waals surface area contributed by atoms with Crippen molar-refractivity contribution in [3.63, 3.8) is 0 Å². The number of esters is 3. The zero-order valence-corrected chi connectivity index (χ0v) is 29.4. The van der Waals surface area contributed by atoms with Crippen LogP contribution in [0, 0.1) is 46.3 Å². The summed E-state index contributed by atoms with van der Waals surface area (Å²) in [4.78, 5) is 60.4. The van der Waals surface area contributed by atoms with E-state index in [1.165, 1.54) is 38.2 Å². The number of imide groups is 1. The van der Waals surface area contributed by atoms with Crippen LogP contribution in [0.3, 0.4) is 0 Å². The Morgan fingerprint density at radius 3 is 2.22 bits per heavy atom. The van der Waals surface area contributed by atoms with Gasteiger partial charge in [-0.1, -0.05) is 52.2 Å². The third kappa shape index (κ3) is 7.54. The Morgan fingerprint density at radius 1 is 0.891 bits per heavy atom. The molecule has 0 bridgehead atoms. The summed E-state index contributed by atoms with van der Waals surface area (Å²) in [7, 11) is 0. The van der Waals surface area contributed by atoms with Crippen LogP contribution in [0.5, 0.6) is 0 Å². The van der Waals surface area contributed by atoms with E-state index in [9.17, 15) is 24.0 Å². The van der Waals surface area contributed by atoms with Crippen molar-refractivity contribution < 1.29 is 38.2 Å². The summed E-state index contributed by atoms with van der Waals surface area (Å²) in [5, 5.41) is 0. The molecule has 0 aromatic heterocycles. The van der Waals surface area contributed by atoms with Gasteiger partial charge in [-0.25, -0.2) is 9.69 Å². The summed E-state index contributed by atoms with van der Waals surface area (Å²) in [6, 6.07) is 0. The van der Waals surface area contributed by atoms with Crippen LogP contribution in [0.4, 0.5) is 0 Å². The van der Waals surface area contributed by atoms with E-state index in [2.05, 4.69) is 26.8 Å². The molecule has 9 nitrogen and oxygen atoms in total. The van der Waals surface area contributed by atoms with Crippen LogP contribution in [0.1, 0.15) is 126 Å². The highest BCUT2D eigenvalue weighted by Crippen LogP contribution is 2.67. The van der Waals surface area contributed by atoms with Crippen molar-refractivity contribution in [2.75, 3.05) is 6.61 Å². The number of carbonyl (C=O) groups is 5. The van der Waals surface area contributed by atoms with Crippen molar-refractivity contribution in [3.8, 4) is 0 Å². The monoisotopic (exact) mass is 643 g/mol. The van der Waals surface area contributed by atoms with E-state index in [-0.39, 0.29) is 30.0 Å². The molecule has 0 aromatic carbocycles. The van der Waals surface area contributed by atoms with Gasteiger partial charge in [0.05, 0.1) is 6.61 Å². The number of hydrogen-bond donors (Lipinski definition) is 0. The van der Waals surface area contributed by atoms with Crippen LogP contribution in [0.2, 0.25) is 0 Å². The van der Waals surface area contributed by atoms with Crippen molar-refractivity contribution in [3.05, 3.63) is 11.6 Å². The average molecular weight is 644 g/mol. The maximum atomic E-state index is 12.7. The second-order valence-corrected chi connectivity index (χ2v) is 15.5. The molecule has 4 aliphatic carbocycles. The van der Waals surface area contributed by atoms with E-state index < -0.39 is 30.0 Å². The molecule has 10 atom stereocenters. The Hall–Kier alpha value is -2.71. The molecule has 0 aromatic rings. The van der Waals surface area contributed by atoms with Crippen molar-refractivity contribution in [1.82, 2.24) is 4.90 Å². The van der Waals surface area contributed by atoms with Gasteiger partial charge in [-0.05, 0) is 97.7 Å². The van der Waals surface area contributed by atoms with Gasteiger partial charge in [0.15, 0.2) is 0 Å². The highest BCUT2D eigenvalue weighted by molar-refractivity contribution is 5.97. The lowest BCUT2D eigenvalue weighted by Gasteiger charge is -2.58. The topological polar surface area (TPSA) is 116 Å². The molecule has 0 spiro atoms. The Bertz CT molecular complexity index is 1200. The van der Waals surface area contributed by atoms with Crippen molar-refractivity contribution in [2.45, 2.75) is 138 Å². The predicted molar refractivity (Wildman–Crippen MR) is 173 cm³/mol. The van der Waals surface area contributed by atoms with Crippen molar-refractivity contribution >= 4 is 29.7 Å². The van der Waals surface area contributed by atoms with E-state index in [1.54, 1.807) is 0 Å². The molecule has 46 heavy (non-hydrogen) atoms. The fourth-order valence-corrected chi connectivity index (χ4v) is 10.2. The number of amides is 2. The second kappa shape index (κ2) is 14.6. The van der Waals surface area contributed by atoms with E-state index in [1.807, 2.05) is 6.92 Å². The first-order valence-electron chi connectivity index (χ1n) is 17.6. The molecule has 0 saturated heterocycles. The summed E-state index contributed by atoms with van der Waals surface area (Å²) < 4.78 is 16.0. The van der Waals surface area contributed by atoms with Gasteiger partial charge in [0.25, 0.3) is 6.23 Å². The molecule has 3 fully saturated rings. The third-order valence-electron chi connectivity index (χ3n) is 12.4. The molecule has 4 rings (SSSR count). The van der Waals surface area contributed by atoms with Gasteiger partial charge in [-0.15, -0.1) is 0 Å². The first kappa shape index (κ1) is 36.1. The van der Waals surface area contributed by atoms with E-state index >= 15 is 0 Å². The van der Waals surface area contributed by atoms with E-state index in [0.717, 1.165) is 83.5 Å². The van der Waals surface area contributed by atoms with Crippen LogP contribution < -0.4 is 0 Å². The van der Waals surface area contributed by atoms with Gasteiger partial charge in [0.1, 0.15) is 6.10 Å². The van der Waals surface area contributed by atoms with Gasteiger partial charge < -0.3 is 14.2 Å². The number of rotatable bonds is 11. The van der Waals surface area contributed by atoms with Gasteiger partial charge in [-0.2, -0.15) is 0 Å². The minimum atomic E-state index is -1.71. The highest BCUT2D eigenvalue weighted by Gasteiger charge is 2.59. The first-order chi connectivity index (χ1) is 21.6. The molecule has 3 saturated carbocycles. The molecule has 0 radical (unpaired) electrons. The number of ether oxygens (including phenoxy) is 3. The van der Waals surface area contributed by atoms with Crippen molar-refractivity contribution in [2.24, 2.45) is 46.3 Å². The Morgan fingerprint density at radius 2 is 1.59 bits per heavy atom. The minimum Gasteiger partial charge on any atom is -0.462 e. The quantitative estimate of drug-likeness (QED) is 0.105. The molecule has 0 aliphatic heterocycles. The van der Waals surface area contributed by atoms with Gasteiger partial charge >= 0.3 is 17.9 Å². The summed E-state index contributed by atoms with van der Waals surface area (Å²) in [6.45, 7) is 14.5. The molecule has 6 unspecified atom stereocenters. The van der Waals surface area contributed by atoms with Crippen LogP contribution in [0.25, 0.3) is 0 Å². The number of hydrogen-bond acceptors (Lipinski definition) is 8. The lowest BCUT2D eigenvalue weighted by atomic mass is 9.47. The Labute approximate surface area is 275 Å². The summed E-state index contributed by atoms with van der Waals surface area (Å²) in [5.41, 5.74) is 2.14. The standard InChI is InChI=1S/C37H57NO8/c1-22(21-44-35(43)34(46-27(6)42)38(24(3)39)25(4)40)10-9-11-23(2)31-14-15-32-30-13-12-28-20-29(45-26(5)41)16-18-36(28,7)33(30)17-19-37(31,32)8/h12,22-23,29-34H,9-11,13-21H2,1-8H3/t22?,23-,29?,30?,31-,32?,33?,34?,36+,37-/m1/s1. The van der Waals surface area contributed by atoms with Gasteiger partial charge in [-0.3, -0.25) is 19.2 Å². The molecule has 2 amide bonds. The molecule has 0 heterocycles. The number of fused-ring (bicyclic) bond motifs is 5. The maximum Gasteiger partial charge on any atom is 0.369 e. The predicted octanol–water partition coefficient (Wildman–Crippen LogP) is 6.77. The molecule has 9 heteroatoms. The Kier molecular flexibility index (Phi) is 11.5.